The average molecular weight is 211 g/mol. The third-order valence-electron chi connectivity index (χ3n) is 3.15. The second-order valence-corrected chi connectivity index (χ2v) is 5.30. The molecular formula is C11H21N3O. The van der Waals surface area contributed by atoms with Crippen molar-refractivity contribution < 1.29 is 5.11 Å². The summed E-state index contributed by atoms with van der Waals surface area (Å²) in [4.78, 5) is 0. The molecule has 2 atom stereocenters. The fraction of sp³-hybridized carbons (Fsp3) is 0.818. The van der Waals surface area contributed by atoms with E-state index in [1.807, 2.05) is 0 Å². The van der Waals surface area contributed by atoms with Crippen LogP contribution >= 0.6 is 0 Å². The molecule has 0 radical (unpaired) electrons. The van der Waals surface area contributed by atoms with Crippen molar-refractivity contribution in [3.05, 3.63) is 11.9 Å². The number of aliphatic hydroxyl groups excluding tert-OH is 1. The van der Waals surface area contributed by atoms with Gasteiger partial charge in [0.05, 0.1) is 18.0 Å². The van der Waals surface area contributed by atoms with Gasteiger partial charge in [0.2, 0.25) is 0 Å². The number of hydrogen-bond acceptors (Lipinski definition) is 3. The second kappa shape index (κ2) is 4.31. The minimum Gasteiger partial charge on any atom is -0.387 e. The molecule has 0 saturated heterocycles. The largest absolute Gasteiger partial charge is 0.387 e. The van der Waals surface area contributed by atoms with Crippen molar-refractivity contribution in [1.82, 2.24) is 15.0 Å². The van der Waals surface area contributed by atoms with Crippen LogP contribution in [0.1, 0.15) is 45.9 Å². The van der Waals surface area contributed by atoms with Crippen LogP contribution in [-0.4, -0.2) is 20.1 Å². The minimum absolute atomic E-state index is 0.215. The summed E-state index contributed by atoms with van der Waals surface area (Å²) in [7, 11) is 1.80. The Balaban J connectivity index is 2.64. The molecule has 0 bridgehead atoms. The van der Waals surface area contributed by atoms with Crippen LogP contribution in [0.3, 0.4) is 0 Å². The molecule has 86 valence electrons. The summed E-state index contributed by atoms with van der Waals surface area (Å²) in [6.45, 7) is 8.72. The zero-order valence-electron chi connectivity index (χ0n) is 10.2. The molecule has 1 aromatic rings. The Labute approximate surface area is 91.3 Å². The Morgan fingerprint density at radius 1 is 1.47 bits per heavy atom. The molecule has 4 heteroatoms. The van der Waals surface area contributed by atoms with Crippen molar-refractivity contribution in [1.29, 1.82) is 0 Å². The minimum atomic E-state index is -0.473. The van der Waals surface area contributed by atoms with E-state index in [2.05, 4.69) is 38.0 Å². The van der Waals surface area contributed by atoms with E-state index in [9.17, 15) is 5.11 Å². The number of aryl methyl sites for hydroxylation is 1. The van der Waals surface area contributed by atoms with E-state index in [1.54, 1.807) is 17.9 Å². The van der Waals surface area contributed by atoms with Crippen LogP contribution in [0.25, 0.3) is 0 Å². The van der Waals surface area contributed by atoms with Gasteiger partial charge in [0.1, 0.15) is 0 Å². The van der Waals surface area contributed by atoms with E-state index in [0.29, 0.717) is 5.92 Å². The molecule has 0 aromatic carbocycles. The van der Waals surface area contributed by atoms with Crippen LogP contribution in [-0.2, 0) is 7.05 Å². The Morgan fingerprint density at radius 3 is 2.47 bits per heavy atom. The van der Waals surface area contributed by atoms with Crippen molar-refractivity contribution >= 4 is 0 Å². The Kier molecular flexibility index (Phi) is 3.50. The zero-order chi connectivity index (χ0) is 11.6. The van der Waals surface area contributed by atoms with Crippen LogP contribution in [0.4, 0.5) is 0 Å². The molecule has 0 spiro atoms. The maximum absolute atomic E-state index is 10.0. The Bertz CT molecular complexity index is 314. The van der Waals surface area contributed by atoms with Crippen LogP contribution in [0.2, 0.25) is 0 Å². The second-order valence-electron chi connectivity index (χ2n) is 5.30. The first-order valence-corrected chi connectivity index (χ1v) is 5.35. The molecule has 0 amide bonds. The average Bonchev–Trinajstić information content (AvgIpc) is 2.49. The van der Waals surface area contributed by atoms with Gasteiger partial charge in [-0.05, 0) is 17.8 Å². The molecule has 15 heavy (non-hydrogen) atoms. The lowest BCUT2D eigenvalue weighted by atomic mass is 9.78. The molecule has 0 fully saturated rings. The summed E-state index contributed by atoms with van der Waals surface area (Å²) in [6.07, 6.45) is 1.89. The first-order valence-electron chi connectivity index (χ1n) is 5.35. The van der Waals surface area contributed by atoms with Crippen molar-refractivity contribution in [2.75, 3.05) is 0 Å². The lowest BCUT2D eigenvalue weighted by Gasteiger charge is -2.28. The number of aliphatic hydroxyl groups is 1. The normalized spacial score (nSPS) is 16.4. The highest BCUT2D eigenvalue weighted by Crippen LogP contribution is 2.32. The predicted molar refractivity (Wildman–Crippen MR) is 59.2 cm³/mol. The van der Waals surface area contributed by atoms with E-state index in [1.165, 1.54) is 0 Å². The van der Waals surface area contributed by atoms with Crippen LogP contribution in [0.15, 0.2) is 6.20 Å². The highest BCUT2D eigenvalue weighted by Gasteiger charge is 2.24. The summed E-state index contributed by atoms with van der Waals surface area (Å²) in [5.41, 5.74) is 0.999. The summed E-state index contributed by atoms with van der Waals surface area (Å²) in [6, 6.07) is 0. The fourth-order valence-electron chi connectivity index (χ4n) is 1.41. The first-order chi connectivity index (χ1) is 6.82. The van der Waals surface area contributed by atoms with Gasteiger partial charge in [0.25, 0.3) is 0 Å². The quantitative estimate of drug-likeness (QED) is 0.831. The third-order valence-corrected chi connectivity index (χ3v) is 3.15. The van der Waals surface area contributed by atoms with Gasteiger partial charge in [-0.3, -0.25) is 0 Å². The lowest BCUT2D eigenvalue weighted by Crippen LogP contribution is -2.20. The predicted octanol–water partition coefficient (Wildman–Crippen LogP) is 1.92. The molecule has 0 aliphatic heterocycles. The third kappa shape index (κ3) is 3.02. The first kappa shape index (κ1) is 12.2. The van der Waals surface area contributed by atoms with Gasteiger partial charge in [0.15, 0.2) is 0 Å². The van der Waals surface area contributed by atoms with E-state index in [4.69, 9.17) is 0 Å². The number of aromatic nitrogens is 3. The van der Waals surface area contributed by atoms with E-state index in [0.717, 1.165) is 12.1 Å². The highest BCUT2D eigenvalue weighted by molar-refractivity contribution is 4.98. The molecule has 1 N–H and O–H groups in total. The molecule has 1 rings (SSSR count). The smallest absolute Gasteiger partial charge is 0.0975 e. The summed E-state index contributed by atoms with van der Waals surface area (Å²) >= 11 is 0. The number of nitrogens with zero attached hydrogens (tertiary/aromatic N) is 3. The fourth-order valence-corrected chi connectivity index (χ4v) is 1.41. The van der Waals surface area contributed by atoms with Crippen molar-refractivity contribution in [2.45, 2.75) is 40.2 Å². The van der Waals surface area contributed by atoms with Gasteiger partial charge in [0, 0.05) is 7.05 Å². The van der Waals surface area contributed by atoms with Crippen LogP contribution < -0.4 is 0 Å². The summed E-state index contributed by atoms with van der Waals surface area (Å²) < 4.78 is 1.63. The Hall–Kier alpha value is -0.900. The maximum Gasteiger partial charge on any atom is 0.0975 e. The molecule has 0 aliphatic carbocycles. The van der Waals surface area contributed by atoms with Crippen molar-refractivity contribution in [3.8, 4) is 0 Å². The summed E-state index contributed by atoms with van der Waals surface area (Å²) in [5, 5.41) is 17.6. The van der Waals surface area contributed by atoms with E-state index < -0.39 is 6.10 Å². The van der Waals surface area contributed by atoms with E-state index >= 15 is 0 Å². The molecule has 4 nitrogen and oxygen atoms in total. The monoisotopic (exact) mass is 211 g/mol. The van der Waals surface area contributed by atoms with Crippen molar-refractivity contribution in [3.63, 3.8) is 0 Å². The van der Waals surface area contributed by atoms with Gasteiger partial charge >= 0.3 is 0 Å². The topological polar surface area (TPSA) is 50.9 Å². The maximum atomic E-state index is 10.0. The van der Waals surface area contributed by atoms with Crippen LogP contribution in [0, 0.1) is 11.3 Å². The highest BCUT2D eigenvalue weighted by atomic mass is 16.3. The standard InChI is InChI=1S/C11H21N3O/c1-8(11(2,3)4)6-10(15)9-7-12-13-14(9)5/h7-8,10,15H,6H2,1-5H3. The van der Waals surface area contributed by atoms with Gasteiger partial charge in [-0.1, -0.05) is 32.9 Å². The molecule has 1 aromatic heterocycles. The molecule has 0 aliphatic rings. The van der Waals surface area contributed by atoms with Gasteiger partial charge in [-0.25, -0.2) is 4.68 Å². The number of hydrogen-bond donors (Lipinski definition) is 1. The summed E-state index contributed by atoms with van der Waals surface area (Å²) in [5.74, 6) is 0.447. The molecule has 1 heterocycles. The van der Waals surface area contributed by atoms with Crippen LogP contribution in [0.5, 0.6) is 0 Å². The van der Waals surface area contributed by atoms with Gasteiger partial charge in [-0.2, -0.15) is 0 Å². The van der Waals surface area contributed by atoms with E-state index in [-0.39, 0.29) is 5.41 Å². The number of rotatable bonds is 3. The van der Waals surface area contributed by atoms with Crippen molar-refractivity contribution in [2.24, 2.45) is 18.4 Å². The molecule has 2 unspecified atom stereocenters. The Morgan fingerprint density at radius 2 is 2.07 bits per heavy atom. The van der Waals surface area contributed by atoms with Gasteiger partial charge in [-0.15, -0.1) is 5.10 Å². The molecular weight excluding hydrogens is 190 g/mol. The lowest BCUT2D eigenvalue weighted by molar-refractivity contribution is 0.104. The molecule has 0 saturated carbocycles. The zero-order valence-corrected chi connectivity index (χ0v) is 10.2. The SMILES string of the molecule is CC(CC(O)c1cnnn1C)C(C)(C)C. The van der Waals surface area contributed by atoms with Gasteiger partial charge < -0.3 is 5.11 Å².